The van der Waals surface area contributed by atoms with Crippen LogP contribution in [0.2, 0.25) is 0 Å². The maximum atomic E-state index is 12.8. The molecule has 0 aliphatic carbocycles. The van der Waals surface area contributed by atoms with Gasteiger partial charge in [-0.15, -0.1) is 0 Å². The number of nitrogens with zero attached hydrogens (tertiary/aromatic N) is 3. The Bertz CT molecular complexity index is 707. The second-order valence-electron chi connectivity index (χ2n) is 8.16. The van der Waals surface area contributed by atoms with E-state index >= 15 is 0 Å². The number of likely N-dealkylation sites (tertiary alicyclic amines) is 1. The van der Waals surface area contributed by atoms with E-state index in [0.29, 0.717) is 19.5 Å². The van der Waals surface area contributed by atoms with E-state index in [0.717, 1.165) is 43.7 Å². The second-order valence-corrected chi connectivity index (χ2v) is 8.16. The number of carbonyl (C=O) groups excluding carboxylic acids is 2. The molecule has 0 saturated carbocycles. The summed E-state index contributed by atoms with van der Waals surface area (Å²) in [5.74, 6) is 1.27. The molecule has 28 heavy (non-hydrogen) atoms. The number of carbonyl (C=O) groups is 2. The molecule has 1 aromatic carbocycles. The molecule has 6 nitrogen and oxygen atoms in total. The lowest BCUT2D eigenvalue weighted by atomic mass is 9.76. The van der Waals surface area contributed by atoms with Gasteiger partial charge in [-0.05, 0) is 31.9 Å². The van der Waals surface area contributed by atoms with Crippen LogP contribution >= 0.6 is 0 Å². The van der Waals surface area contributed by atoms with Crippen LogP contribution in [0.4, 0.5) is 4.79 Å². The highest BCUT2D eigenvalue weighted by Gasteiger charge is 2.44. The Morgan fingerprint density at radius 1 is 1.14 bits per heavy atom. The van der Waals surface area contributed by atoms with Gasteiger partial charge in [0.1, 0.15) is 11.4 Å². The van der Waals surface area contributed by atoms with Crippen molar-refractivity contribution in [3.63, 3.8) is 0 Å². The van der Waals surface area contributed by atoms with Crippen molar-refractivity contribution in [2.24, 2.45) is 0 Å². The minimum Gasteiger partial charge on any atom is -0.487 e. The molecule has 1 fully saturated rings. The molecule has 3 rings (SSSR count). The molecule has 1 spiro atoms. The fourth-order valence-corrected chi connectivity index (χ4v) is 4.54. The maximum absolute atomic E-state index is 12.8. The van der Waals surface area contributed by atoms with Crippen molar-refractivity contribution < 1.29 is 14.3 Å². The van der Waals surface area contributed by atoms with Crippen LogP contribution in [0.3, 0.4) is 0 Å². The quantitative estimate of drug-likeness (QED) is 0.796. The van der Waals surface area contributed by atoms with Crippen molar-refractivity contribution in [2.75, 3.05) is 40.3 Å². The first-order valence-electron chi connectivity index (χ1n) is 10.4. The molecule has 1 unspecified atom stereocenters. The number of piperidine rings is 1. The van der Waals surface area contributed by atoms with Crippen LogP contribution in [0.1, 0.15) is 51.0 Å². The van der Waals surface area contributed by atoms with Crippen LogP contribution in [0.5, 0.6) is 5.75 Å². The summed E-state index contributed by atoms with van der Waals surface area (Å²) in [7, 11) is 3.57. The summed E-state index contributed by atoms with van der Waals surface area (Å²) >= 11 is 0. The fourth-order valence-electron chi connectivity index (χ4n) is 4.54. The number of benzene rings is 1. The fraction of sp³-hybridized carbons (Fsp3) is 0.636. The van der Waals surface area contributed by atoms with Gasteiger partial charge < -0.3 is 19.4 Å². The third-order valence-electron chi connectivity index (χ3n) is 6.17. The monoisotopic (exact) mass is 387 g/mol. The minimum atomic E-state index is -0.286. The van der Waals surface area contributed by atoms with Crippen LogP contribution in [-0.2, 0) is 4.79 Å². The van der Waals surface area contributed by atoms with Gasteiger partial charge >= 0.3 is 6.03 Å². The van der Waals surface area contributed by atoms with Crippen LogP contribution < -0.4 is 4.74 Å². The van der Waals surface area contributed by atoms with E-state index in [4.69, 9.17) is 4.74 Å². The van der Waals surface area contributed by atoms with E-state index in [1.54, 1.807) is 19.0 Å². The molecular formula is C22H33N3O3. The molecule has 154 valence electrons. The molecule has 1 atom stereocenters. The van der Waals surface area contributed by atoms with E-state index in [-0.39, 0.29) is 23.5 Å². The average molecular weight is 388 g/mol. The topological polar surface area (TPSA) is 53.1 Å². The summed E-state index contributed by atoms with van der Waals surface area (Å²) in [4.78, 5) is 30.5. The van der Waals surface area contributed by atoms with Gasteiger partial charge in [-0.3, -0.25) is 4.79 Å². The first kappa shape index (κ1) is 20.5. The number of fused-ring (bicyclic) bond motifs is 1. The summed E-state index contributed by atoms with van der Waals surface area (Å²) < 4.78 is 6.50. The predicted molar refractivity (Wildman–Crippen MR) is 110 cm³/mol. The number of rotatable bonds is 4. The summed E-state index contributed by atoms with van der Waals surface area (Å²) in [6.45, 7) is 6.92. The number of urea groups is 1. The number of ether oxygens (including phenoxy) is 1. The van der Waals surface area contributed by atoms with E-state index in [2.05, 4.69) is 6.07 Å². The highest BCUT2D eigenvalue weighted by Crippen LogP contribution is 2.46. The third kappa shape index (κ3) is 4.10. The highest BCUT2D eigenvalue weighted by atomic mass is 16.5. The Hall–Kier alpha value is -2.24. The van der Waals surface area contributed by atoms with Gasteiger partial charge in [-0.1, -0.05) is 18.2 Å². The average Bonchev–Trinajstić information content (AvgIpc) is 2.69. The van der Waals surface area contributed by atoms with Crippen LogP contribution in [-0.4, -0.2) is 72.5 Å². The van der Waals surface area contributed by atoms with Crippen molar-refractivity contribution in [3.05, 3.63) is 29.8 Å². The Morgan fingerprint density at radius 3 is 2.39 bits per heavy atom. The van der Waals surface area contributed by atoms with Crippen molar-refractivity contribution >= 4 is 11.9 Å². The Labute approximate surface area is 168 Å². The lowest BCUT2D eigenvalue weighted by molar-refractivity contribution is -0.131. The van der Waals surface area contributed by atoms with Crippen molar-refractivity contribution in [2.45, 2.75) is 51.0 Å². The Balaban J connectivity index is 1.78. The highest BCUT2D eigenvalue weighted by molar-refractivity contribution is 5.77. The zero-order valence-electron chi connectivity index (χ0n) is 17.6. The Kier molecular flexibility index (Phi) is 6.16. The zero-order valence-corrected chi connectivity index (χ0v) is 17.6. The first-order chi connectivity index (χ1) is 13.4. The van der Waals surface area contributed by atoms with Gasteiger partial charge in [0.05, 0.1) is 0 Å². The molecule has 6 heteroatoms. The summed E-state index contributed by atoms with van der Waals surface area (Å²) in [5, 5.41) is 0. The lowest BCUT2D eigenvalue weighted by Gasteiger charge is -2.47. The standard InChI is InChI=1S/C22H33N3O3/c1-5-24(6-2)20(26)15-17-16-22(28-19-10-8-7-9-18(17)19)11-13-25(14-12-22)21(27)23(3)4/h7-10,17H,5-6,11-16H2,1-4H3. The predicted octanol–water partition coefficient (Wildman–Crippen LogP) is 3.33. The summed E-state index contributed by atoms with van der Waals surface area (Å²) in [6, 6.07) is 8.17. The smallest absolute Gasteiger partial charge is 0.319 e. The SMILES string of the molecule is CCN(CC)C(=O)CC1CC2(CCN(C(=O)N(C)C)CC2)Oc2ccccc21. The number of hydrogen-bond acceptors (Lipinski definition) is 3. The van der Waals surface area contributed by atoms with Gasteiger partial charge in [-0.25, -0.2) is 4.79 Å². The molecule has 0 N–H and O–H groups in total. The van der Waals surface area contributed by atoms with Crippen LogP contribution in [0.15, 0.2) is 24.3 Å². The second kappa shape index (κ2) is 8.41. The van der Waals surface area contributed by atoms with Gasteiger partial charge in [-0.2, -0.15) is 0 Å². The lowest BCUT2D eigenvalue weighted by Crippen LogP contribution is -2.53. The third-order valence-corrected chi connectivity index (χ3v) is 6.17. The molecule has 0 aromatic heterocycles. The van der Waals surface area contributed by atoms with E-state index < -0.39 is 0 Å². The van der Waals surface area contributed by atoms with Crippen molar-refractivity contribution in [1.29, 1.82) is 0 Å². The maximum Gasteiger partial charge on any atom is 0.319 e. The zero-order chi connectivity index (χ0) is 20.3. The van der Waals surface area contributed by atoms with E-state index in [9.17, 15) is 9.59 Å². The number of para-hydroxylation sites is 1. The van der Waals surface area contributed by atoms with E-state index in [1.165, 1.54) is 0 Å². The molecule has 0 radical (unpaired) electrons. The van der Waals surface area contributed by atoms with Crippen molar-refractivity contribution in [3.8, 4) is 5.75 Å². The molecular weight excluding hydrogens is 354 g/mol. The molecule has 2 heterocycles. The summed E-state index contributed by atoms with van der Waals surface area (Å²) in [6.07, 6.45) is 2.96. The van der Waals surface area contributed by atoms with E-state index in [1.807, 2.05) is 41.8 Å². The first-order valence-corrected chi connectivity index (χ1v) is 10.4. The van der Waals surface area contributed by atoms with Gasteiger partial charge in [0, 0.05) is 65.5 Å². The summed E-state index contributed by atoms with van der Waals surface area (Å²) in [5.41, 5.74) is 0.853. The Morgan fingerprint density at radius 2 is 1.79 bits per heavy atom. The molecule has 1 saturated heterocycles. The van der Waals surface area contributed by atoms with Crippen LogP contribution in [0, 0.1) is 0 Å². The van der Waals surface area contributed by atoms with Gasteiger partial charge in [0.25, 0.3) is 0 Å². The number of amides is 3. The molecule has 3 amide bonds. The molecule has 1 aromatic rings. The normalized spacial score (nSPS) is 20.3. The van der Waals surface area contributed by atoms with Crippen molar-refractivity contribution in [1.82, 2.24) is 14.7 Å². The van der Waals surface area contributed by atoms with Gasteiger partial charge in [0.15, 0.2) is 0 Å². The molecule has 2 aliphatic heterocycles. The van der Waals surface area contributed by atoms with Crippen LogP contribution in [0.25, 0.3) is 0 Å². The largest absolute Gasteiger partial charge is 0.487 e. The van der Waals surface area contributed by atoms with Gasteiger partial charge in [0.2, 0.25) is 5.91 Å². The molecule has 2 aliphatic rings. The minimum absolute atomic E-state index is 0.0549. The number of hydrogen-bond donors (Lipinski definition) is 0. The molecule has 0 bridgehead atoms.